The van der Waals surface area contributed by atoms with Crippen molar-refractivity contribution in [3.05, 3.63) is 82.2 Å². The number of fused-ring (bicyclic) bond motifs is 1. The molecule has 6 nitrogen and oxygen atoms in total. The predicted molar refractivity (Wildman–Crippen MR) is 88.7 cm³/mol. The number of hydrogen-bond acceptors (Lipinski definition) is 5. The van der Waals surface area contributed by atoms with Gasteiger partial charge in [0.25, 0.3) is 11.4 Å². The Kier molecular flexibility index (Phi) is 3.42. The van der Waals surface area contributed by atoms with E-state index in [0.717, 1.165) is 11.1 Å². The number of rotatable bonds is 3. The van der Waals surface area contributed by atoms with Crippen LogP contribution in [0.1, 0.15) is 17.0 Å². The molecule has 4 aromatic rings. The number of aromatic nitrogens is 4. The summed E-state index contributed by atoms with van der Waals surface area (Å²) >= 11 is 0. The van der Waals surface area contributed by atoms with Crippen molar-refractivity contribution in [1.29, 1.82) is 0 Å². The van der Waals surface area contributed by atoms with Gasteiger partial charge < -0.3 is 4.52 Å². The first kappa shape index (κ1) is 14.3. The summed E-state index contributed by atoms with van der Waals surface area (Å²) in [4.78, 5) is 21.2. The molecule has 3 heterocycles. The highest BCUT2D eigenvalue weighted by Gasteiger charge is 2.15. The molecule has 0 aliphatic carbocycles. The highest BCUT2D eigenvalue weighted by molar-refractivity contribution is 5.53. The molecule has 0 saturated heterocycles. The molecule has 118 valence electrons. The number of hydrogen-bond donors (Lipinski definition) is 0. The third kappa shape index (κ3) is 2.58. The Morgan fingerprint density at radius 3 is 2.83 bits per heavy atom. The molecule has 0 N–H and O–H groups in total. The highest BCUT2D eigenvalue weighted by Crippen LogP contribution is 2.15. The van der Waals surface area contributed by atoms with Gasteiger partial charge in [0.15, 0.2) is 5.82 Å². The van der Waals surface area contributed by atoms with Gasteiger partial charge in [0, 0.05) is 18.8 Å². The van der Waals surface area contributed by atoms with Crippen LogP contribution < -0.4 is 5.56 Å². The number of pyridine rings is 1. The third-order valence-corrected chi connectivity index (χ3v) is 3.77. The van der Waals surface area contributed by atoms with E-state index >= 15 is 0 Å². The zero-order valence-electron chi connectivity index (χ0n) is 13.0. The minimum absolute atomic E-state index is 0.188. The molecule has 0 aliphatic heterocycles. The lowest BCUT2D eigenvalue weighted by molar-refractivity contribution is 0.423. The molecule has 1 aromatic carbocycles. The summed E-state index contributed by atoms with van der Waals surface area (Å²) in [7, 11) is 0. The van der Waals surface area contributed by atoms with Gasteiger partial charge in [0.1, 0.15) is 11.2 Å². The van der Waals surface area contributed by atoms with Gasteiger partial charge in [0.2, 0.25) is 0 Å². The van der Waals surface area contributed by atoms with Crippen LogP contribution in [0.3, 0.4) is 0 Å². The standard InChI is InChI=1S/C18H14N4O2/c1-12-7-8-22-16(9-12)19-11-14(18(22)23)17-20-15(21-24-17)10-13-5-3-2-4-6-13/h2-9,11H,10H2,1H3. The number of nitrogens with zero attached hydrogens (tertiary/aromatic N) is 4. The lowest BCUT2D eigenvalue weighted by Gasteiger charge is -2.02. The van der Waals surface area contributed by atoms with Crippen LogP contribution in [0.25, 0.3) is 17.1 Å². The molecule has 0 radical (unpaired) electrons. The molecular formula is C18H14N4O2. The van der Waals surface area contributed by atoms with Crippen LogP contribution in [-0.2, 0) is 6.42 Å². The predicted octanol–water partition coefficient (Wildman–Crippen LogP) is 2.64. The summed E-state index contributed by atoms with van der Waals surface area (Å²) < 4.78 is 6.74. The van der Waals surface area contributed by atoms with Crippen LogP contribution in [0.4, 0.5) is 0 Å². The molecule has 0 fully saturated rings. The maximum atomic E-state index is 12.6. The van der Waals surface area contributed by atoms with Crippen LogP contribution in [0.2, 0.25) is 0 Å². The van der Waals surface area contributed by atoms with Crippen molar-refractivity contribution in [2.24, 2.45) is 0 Å². The number of benzene rings is 1. The average molecular weight is 318 g/mol. The van der Waals surface area contributed by atoms with Gasteiger partial charge in [-0.2, -0.15) is 4.98 Å². The normalized spacial score (nSPS) is 11.0. The molecule has 0 saturated carbocycles. The van der Waals surface area contributed by atoms with E-state index in [1.54, 1.807) is 6.20 Å². The van der Waals surface area contributed by atoms with Crippen LogP contribution in [0.5, 0.6) is 0 Å². The van der Waals surface area contributed by atoms with Crippen molar-refractivity contribution < 1.29 is 4.52 Å². The van der Waals surface area contributed by atoms with Crippen molar-refractivity contribution in [2.45, 2.75) is 13.3 Å². The molecule has 0 spiro atoms. The molecule has 0 unspecified atom stereocenters. The average Bonchev–Trinajstić information content (AvgIpc) is 3.04. The summed E-state index contributed by atoms with van der Waals surface area (Å²) in [5.41, 5.74) is 2.78. The van der Waals surface area contributed by atoms with Crippen LogP contribution in [0.15, 0.2) is 64.2 Å². The molecule has 0 atom stereocenters. The Labute approximate surface area is 137 Å². The molecule has 24 heavy (non-hydrogen) atoms. The van der Waals surface area contributed by atoms with E-state index in [-0.39, 0.29) is 11.4 Å². The van der Waals surface area contributed by atoms with E-state index in [9.17, 15) is 4.79 Å². The molecule has 4 rings (SSSR count). The Morgan fingerprint density at radius 2 is 2.00 bits per heavy atom. The summed E-state index contributed by atoms with van der Waals surface area (Å²) in [6.45, 7) is 1.95. The topological polar surface area (TPSA) is 73.3 Å². The van der Waals surface area contributed by atoms with Crippen molar-refractivity contribution in [1.82, 2.24) is 19.5 Å². The van der Waals surface area contributed by atoms with Gasteiger partial charge >= 0.3 is 0 Å². The molecule has 0 aliphatic rings. The van der Waals surface area contributed by atoms with E-state index in [4.69, 9.17) is 4.52 Å². The maximum absolute atomic E-state index is 12.6. The van der Waals surface area contributed by atoms with Crippen molar-refractivity contribution in [2.75, 3.05) is 0 Å². The largest absolute Gasteiger partial charge is 0.334 e. The summed E-state index contributed by atoms with van der Waals surface area (Å²) in [6.07, 6.45) is 3.73. The van der Waals surface area contributed by atoms with Gasteiger partial charge in [0.05, 0.1) is 0 Å². The first-order valence-corrected chi connectivity index (χ1v) is 7.55. The highest BCUT2D eigenvalue weighted by atomic mass is 16.5. The van der Waals surface area contributed by atoms with Crippen molar-refractivity contribution >= 4 is 5.65 Å². The maximum Gasteiger partial charge on any atom is 0.270 e. The second kappa shape index (κ2) is 5.73. The zero-order valence-corrected chi connectivity index (χ0v) is 13.0. The van der Waals surface area contributed by atoms with Gasteiger partial charge in [-0.25, -0.2) is 4.98 Å². The van der Waals surface area contributed by atoms with E-state index < -0.39 is 0 Å². The SMILES string of the molecule is Cc1ccn2c(=O)c(-c3nc(Cc4ccccc4)no3)cnc2c1. The van der Waals surface area contributed by atoms with Crippen molar-refractivity contribution in [3.8, 4) is 11.5 Å². The van der Waals surface area contributed by atoms with Gasteiger partial charge in [-0.3, -0.25) is 9.20 Å². The Balaban J connectivity index is 1.72. The lowest BCUT2D eigenvalue weighted by Crippen LogP contribution is -2.16. The lowest BCUT2D eigenvalue weighted by atomic mass is 10.1. The summed E-state index contributed by atoms with van der Waals surface area (Å²) in [5.74, 6) is 0.720. The molecule has 3 aromatic heterocycles. The van der Waals surface area contributed by atoms with Gasteiger partial charge in [-0.05, 0) is 30.2 Å². The van der Waals surface area contributed by atoms with E-state index in [1.807, 2.05) is 49.4 Å². The molecule has 0 amide bonds. The van der Waals surface area contributed by atoms with Crippen LogP contribution in [0, 0.1) is 6.92 Å². The fraction of sp³-hybridized carbons (Fsp3) is 0.111. The Hall–Kier alpha value is -3.28. The fourth-order valence-electron chi connectivity index (χ4n) is 2.54. The van der Waals surface area contributed by atoms with Gasteiger partial charge in [-0.15, -0.1) is 0 Å². The molecule has 0 bridgehead atoms. The monoisotopic (exact) mass is 318 g/mol. The quantitative estimate of drug-likeness (QED) is 0.580. The van der Waals surface area contributed by atoms with Gasteiger partial charge in [-0.1, -0.05) is 35.5 Å². The van der Waals surface area contributed by atoms with E-state index in [0.29, 0.717) is 23.5 Å². The first-order valence-electron chi connectivity index (χ1n) is 7.55. The smallest absolute Gasteiger partial charge is 0.270 e. The van der Waals surface area contributed by atoms with Crippen molar-refractivity contribution in [3.63, 3.8) is 0 Å². The second-order valence-electron chi connectivity index (χ2n) is 5.59. The zero-order chi connectivity index (χ0) is 16.5. The second-order valence-corrected chi connectivity index (χ2v) is 5.59. The van der Waals surface area contributed by atoms with E-state index in [2.05, 4.69) is 15.1 Å². The molecule has 6 heteroatoms. The first-order chi connectivity index (χ1) is 11.7. The summed E-state index contributed by atoms with van der Waals surface area (Å²) in [5, 5.41) is 3.96. The number of aryl methyl sites for hydroxylation is 1. The fourth-order valence-corrected chi connectivity index (χ4v) is 2.54. The third-order valence-electron chi connectivity index (χ3n) is 3.77. The van der Waals surface area contributed by atoms with Crippen LogP contribution >= 0.6 is 0 Å². The summed E-state index contributed by atoms with van der Waals surface area (Å²) in [6, 6.07) is 13.6. The Bertz CT molecular complexity index is 1070. The van der Waals surface area contributed by atoms with Crippen LogP contribution in [-0.4, -0.2) is 19.5 Å². The minimum atomic E-state index is -0.227. The van der Waals surface area contributed by atoms with E-state index in [1.165, 1.54) is 10.6 Å². The molecular weight excluding hydrogens is 304 g/mol. The minimum Gasteiger partial charge on any atom is -0.334 e. The Morgan fingerprint density at radius 1 is 1.17 bits per heavy atom.